The quantitative estimate of drug-likeness (QED) is 0.619. The highest BCUT2D eigenvalue weighted by atomic mass is 35.5. The Kier molecular flexibility index (Phi) is 5.76. The van der Waals surface area contributed by atoms with Gasteiger partial charge in [0.15, 0.2) is 5.78 Å². The minimum atomic E-state index is -0.453. The number of halogens is 2. The monoisotopic (exact) mass is 445 g/mol. The van der Waals surface area contributed by atoms with E-state index in [1.807, 2.05) is 0 Å². The van der Waals surface area contributed by atoms with E-state index in [0.717, 1.165) is 0 Å². The second-order valence-electron chi connectivity index (χ2n) is 7.33. The SMILES string of the molecule is COc1cc(OC)cc(N2C(=O)CC(c3c(Cl)cccc3Cl)C3=C2CCCC3=O)c1. The molecule has 1 aliphatic heterocycles. The van der Waals surface area contributed by atoms with E-state index in [-0.39, 0.29) is 18.1 Å². The minimum absolute atomic E-state index is 0.0320. The molecular weight excluding hydrogens is 425 g/mol. The number of rotatable bonds is 4. The van der Waals surface area contributed by atoms with Crippen molar-refractivity contribution in [2.24, 2.45) is 0 Å². The number of hydrogen-bond donors (Lipinski definition) is 0. The number of amides is 1. The molecule has 1 aliphatic carbocycles. The highest BCUT2D eigenvalue weighted by molar-refractivity contribution is 6.36. The summed E-state index contributed by atoms with van der Waals surface area (Å²) in [5.74, 6) is 0.588. The topological polar surface area (TPSA) is 55.8 Å². The fourth-order valence-electron chi connectivity index (χ4n) is 4.30. The van der Waals surface area contributed by atoms with Crippen molar-refractivity contribution < 1.29 is 19.1 Å². The van der Waals surface area contributed by atoms with Crippen LogP contribution in [0.5, 0.6) is 11.5 Å². The third-order valence-corrected chi connectivity index (χ3v) is 6.28. The molecule has 0 N–H and O–H groups in total. The normalized spacial score (nSPS) is 19.1. The lowest BCUT2D eigenvalue weighted by Crippen LogP contribution is -2.40. The van der Waals surface area contributed by atoms with Gasteiger partial charge >= 0.3 is 0 Å². The summed E-state index contributed by atoms with van der Waals surface area (Å²) in [5, 5.41) is 0.920. The van der Waals surface area contributed by atoms with Gasteiger partial charge in [-0.3, -0.25) is 14.5 Å². The summed E-state index contributed by atoms with van der Waals surface area (Å²) in [4.78, 5) is 28.0. The summed E-state index contributed by atoms with van der Waals surface area (Å²) in [6, 6.07) is 10.5. The van der Waals surface area contributed by atoms with Gasteiger partial charge < -0.3 is 9.47 Å². The fraction of sp³-hybridized carbons (Fsp3) is 0.304. The Morgan fingerprint density at radius 2 is 1.60 bits per heavy atom. The smallest absolute Gasteiger partial charge is 0.232 e. The molecule has 0 saturated heterocycles. The predicted molar refractivity (Wildman–Crippen MR) is 117 cm³/mol. The Bertz CT molecular complexity index is 1020. The van der Waals surface area contributed by atoms with Crippen LogP contribution in [0.3, 0.4) is 0 Å². The number of hydrogen-bond acceptors (Lipinski definition) is 4. The highest BCUT2D eigenvalue weighted by Crippen LogP contribution is 2.47. The van der Waals surface area contributed by atoms with Crippen LogP contribution >= 0.6 is 23.2 Å². The van der Waals surface area contributed by atoms with Gasteiger partial charge in [-0.1, -0.05) is 29.3 Å². The molecule has 2 aliphatic rings. The van der Waals surface area contributed by atoms with Crippen LogP contribution in [0, 0.1) is 0 Å². The first kappa shape index (κ1) is 20.8. The lowest BCUT2D eigenvalue weighted by molar-refractivity contribution is -0.119. The van der Waals surface area contributed by atoms with Gasteiger partial charge in [0.25, 0.3) is 0 Å². The molecule has 0 radical (unpaired) electrons. The van der Waals surface area contributed by atoms with Gasteiger partial charge in [0.1, 0.15) is 11.5 Å². The van der Waals surface area contributed by atoms with Crippen molar-refractivity contribution in [3.8, 4) is 11.5 Å². The van der Waals surface area contributed by atoms with Gasteiger partial charge in [-0.05, 0) is 30.5 Å². The van der Waals surface area contributed by atoms with Crippen LogP contribution in [0.1, 0.15) is 37.2 Å². The Morgan fingerprint density at radius 1 is 0.967 bits per heavy atom. The van der Waals surface area contributed by atoms with E-state index in [0.29, 0.717) is 63.3 Å². The first-order valence-corrected chi connectivity index (χ1v) is 10.5. The van der Waals surface area contributed by atoms with Crippen LogP contribution in [0.15, 0.2) is 47.7 Å². The van der Waals surface area contributed by atoms with Crippen LogP contribution in [0.4, 0.5) is 5.69 Å². The summed E-state index contributed by atoms with van der Waals surface area (Å²) < 4.78 is 10.7. The van der Waals surface area contributed by atoms with Crippen LogP contribution < -0.4 is 14.4 Å². The molecular formula is C23H21Cl2NO4. The largest absolute Gasteiger partial charge is 0.497 e. The number of ether oxygens (including phenoxy) is 2. The zero-order valence-corrected chi connectivity index (χ0v) is 18.2. The molecule has 156 valence electrons. The van der Waals surface area contributed by atoms with Gasteiger partial charge in [-0.2, -0.15) is 0 Å². The van der Waals surface area contributed by atoms with Gasteiger partial charge in [0.05, 0.1) is 19.9 Å². The summed E-state index contributed by atoms with van der Waals surface area (Å²) in [6.07, 6.45) is 1.85. The second kappa shape index (κ2) is 8.32. The van der Waals surface area contributed by atoms with Crippen molar-refractivity contribution in [3.05, 3.63) is 63.3 Å². The van der Waals surface area contributed by atoms with Crippen molar-refractivity contribution in [3.63, 3.8) is 0 Å². The molecule has 30 heavy (non-hydrogen) atoms. The van der Waals surface area contributed by atoms with Crippen molar-refractivity contribution in [2.75, 3.05) is 19.1 Å². The average molecular weight is 446 g/mol. The zero-order chi connectivity index (χ0) is 21.4. The van der Waals surface area contributed by atoms with Gasteiger partial charge in [-0.15, -0.1) is 0 Å². The third-order valence-electron chi connectivity index (χ3n) is 5.62. The maximum absolute atomic E-state index is 13.4. The standard InChI is InChI=1S/C23H21Cl2NO4/c1-29-14-9-13(10-15(11-14)30-2)26-19-7-4-8-20(27)23(19)16(12-21(26)28)22-17(24)5-3-6-18(22)25/h3,5-6,9-11,16H,4,7-8,12H2,1-2H3. The number of benzene rings is 2. The predicted octanol–water partition coefficient (Wildman–Crippen LogP) is 5.54. The molecule has 0 fully saturated rings. The number of nitrogens with zero attached hydrogens (tertiary/aromatic N) is 1. The summed E-state index contributed by atoms with van der Waals surface area (Å²) in [7, 11) is 3.11. The minimum Gasteiger partial charge on any atom is -0.497 e. The maximum atomic E-state index is 13.4. The molecule has 2 aromatic carbocycles. The van der Waals surface area contributed by atoms with Crippen molar-refractivity contribution in [1.29, 1.82) is 0 Å². The summed E-state index contributed by atoms with van der Waals surface area (Å²) in [6.45, 7) is 0. The van der Waals surface area contributed by atoms with Crippen LogP contribution in [0.2, 0.25) is 10.0 Å². The van der Waals surface area contributed by atoms with E-state index in [1.54, 1.807) is 55.5 Å². The van der Waals surface area contributed by atoms with Gasteiger partial charge in [0, 0.05) is 58.3 Å². The Balaban J connectivity index is 1.91. The van der Waals surface area contributed by atoms with Crippen molar-refractivity contribution in [2.45, 2.75) is 31.6 Å². The molecule has 1 amide bonds. The molecule has 1 heterocycles. The lowest BCUT2D eigenvalue weighted by atomic mass is 9.77. The number of carbonyl (C=O) groups is 2. The maximum Gasteiger partial charge on any atom is 0.232 e. The van der Waals surface area contributed by atoms with E-state index >= 15 is 0 Å². The Hall–Kier alpha value is -2.50. The van der Waals surface area contributed by atoms with Crippen molar-refractivity contribution >= 4 is 40.6 Å². The van der Waals surface area contributed by atoms with Gasteiger partial charge in [0.2, 0.25) is 5.91 Å². The van der Waals surface area contributed by atoms with E-state index in [4.69, 9.17) is 32.7 Å². The summed E-state index contributed by atoms with van der Waals surface area (Å²) >= 11 is 12.9. The lowest BCUT2D eigenvalue weighted by Gasteiger charge is -2.38. The molecule has 1 unspecified atom stereocenters. The van der Waals surface area contributed by atoms with Gasteiger partial charge in [-0.25, -0.2) is 0 Å². The highest BCUT2D eigenvalue weighted by Gasteiger charge is 2.41. The number of anilines is 1. The van der Waals surface area contributed by atoms with E-state index in [2.05, 4.69) is 0 Å². The van der Waals surface area contributed by atoms with E-state index < -0.39 is 5.92 Å². The number of methoxy groups -OCH3 is 2. The fourth-order valence-corrected chi connectivity index (χ4v) is 4.97. The molecule has 0 spiro atoms. The third kappa shape index (κ3) is 3.57. The first-order chi connectivity index (χ1) is 14.4. The summed E-state index contributed by atoms with van der Waals surface area (Å²) in [5.41, 5.74) is 2.58. The van der Waals surface area contributed by atoms with E-state index in [1.165, 1.54) is 0 Å². The molecule has 4 rings (SSSR count). The number of Topliss-reactive ketones (excluding diaryl/α,β-unsaturated/α-hetero) is 1. The first-order valence-electron chi connectivity index (χ1n) is 9.70. The molecule has 2 aromatic rings. The molecule has 0 bridgehead atoms. The number of ketones is 1. The Labute approximate surface area is 185 Å². The molecule has 5 nitrogen and oxygen atoms in total. The van der Waals surface area contributed by atoms with Crippen LogP contribution in [-0.2, 0) is 9.59 Å². The molecule has 0 saturated carbocycles. The van der Waals surface area contributed by atoms with E-state index in [9.17, 15) is 9.59 Å². The second-order valence-corrected chi connectivity index (χ2v) is 8.14. The van der Waals surface area contributed by atoms with Crippen LogP contribution in [0.25, 0.3) is 0 Å². The van der Waals surface area contributed by atoms with Crippen molar-refractivity contribution in [1.82, 2.24) is 0 Å². The average Bonchev–Trinajstić information content (AvgIpc) is 2.73. The molecule has 1 atom stereocenters. The molecule has 0 aromatic heterocycles. The number of allylic oxidation sites excluding steroid dienone is 2. The number of carbonyl (C=O) groups excluding carboxylic acids is 2. The van der Waals surface area contributed by atoms with Crippen LogP contribution in [-0.4, -0.2) is 25.9 Å². The Morgan fingerprint density at radius 3 is 2.20 bits per heavy atom. The zero-order valence-electron chi connectivity index (χ0n) is 16.7. The molecule has 7 heteroatoms.